The first-order valence-corrected chi connectivity index (χ1v) is 9.47. The van der Waals surface area contributed by atoms with Crippen LogP contribution in [-0.2, 0) is 9.53 Å². The molecule has 2 fully saturated rings. The highest BCUT2D eigenvalue weighted by molar-refractivity contribution is 5.81. The van der Waals surface area contributed by atoms with Crippen LogP contribution >= 0.6 is 0 Å². The van der Waals surface area contributed by atoms with Crippen LogP contribution in [0, 0.1) is 5.92 Å². The smallest absolute Gasteiger partial charge is 0.225 e. The van der Waals surface area contributed by atoms with Crippen LogP contribution in [0.5, 0.6) is 0 Å². The van der Waals surface area contributed by atoms with Crippen LogP contribution in [0.2, 0.25) is 0 Å². The zero-order valence-electron chi connectivity index (χ0n) is 15.5. The Kier molecular flexibility index (Phi) is 7.82. The lowest BCUT2D eigenvalue weighted by atomic mass is 10.2. The molecule has 138 valence electrons. The van der Waals surface area contributed by atoms with Crippen molar-refractivity contribution in [3.63, 3.8) is 0 Å². The van der Waals surface area contributed by atoms with Gasteiger partial charge in [0.1, 0.15) is 0 Å². The second-order valence-corrected chi connectivity index (χ2v) is 7.20. The van der Waals surface area contributed by atoms with E-state index in [1.807, 2.05) is 18.7 Å². The van der Waals surface area contributed by atoms with Gasteiger partial charge in [-0.3, -0.25) is 9.79 Å². The largest absolute Gasteiger partial charge is 0.378 e. The van der Waals surface area contributed by atoms with Gasteiger partial charge in [0.15, 0.2) is 5.96 Å². The minimum Gasteiger partial charge on any atom is -0.378 e. The number of nitrogens with zero attached hydrogens (tertiary/aromatic N) is 2. The first kappa shape index (κ1) is 19.0. The van der Waals surface area contributed by atoms with E-state index in [1.54, 1.807) is 7.05 Å². The second-order valence-electron chi connectivity index (χ2n) is 7.20. The summed E-state index contributed by atoms with van der Waals surface area (Å²) < 4.78 is 5.87. The Morgan fingerprint density at radius 3 is 2.71 bits per heavy atom. The maximum atomic E-state index is 12.0. The summed E-state index contributed by atoms with van der Waals surface area (Å²) in [5, 5.41) is 6.77. The minimum absolute atomic E-state index is 0.0704. The number of likely N-dealkylation sites (tertiary alicyclic amines) is 1. The van der Waals surface area contributed by atoms with Crippen LogP contribution in [-0.4, -0.2) is 62.2 Å². The highest BCUT2D eigenvalue weighted by atomic mass is 16.5. The van der Waals surface area contributed by atoms with Crippen LogP contribution in [0.25, 0.3) is 0 Å². The summed E-state index contributed by atoms with van der Waals surface area (Å²) in [6, 6.07) is 0.286. The van der Waals surface area contributed by atoms with Crippen LogP contribution in [0.1, 0.15) is 52.4 Å². The molecular formula is C18H34N4O2. The average Bonchev–Trinajstić information content (AvgIpc) is 3.24. The van der Waals surface area contributed by atoms with E-state index in [0.717, 1.165) is 45.0 Å². The van der Waals surface area contributed by atoms with Crippen LogP contribution < -0.4 is 10.6 Å². The molecule has 1 unspecified atom stereocenters. The molecule has 0 aromatic carbocycles. The van der Waals surface area contributed by atoms with Crippen molar-refractivity contribution in [1.82, 2.24) is 15.5 Å². The first-order chi connectivity index (χ1) is 11.6. The fourth-order valence-electron chi connectivity index (χ4n) is 3.42. The number of rotatable bonds is 7. The number of hydrogen-bond donors (Lipinski definition) is 2. The zero-order valence-corrected chi connectivity index (χ0v) is 15.5. The standard InChI is InChI=1S/C18H34N4O2/c1-14(2)17(23)22-11-9-15(13-22)21-18(19-3)20-10-6-12-24-16-7-4-5-8-16/h14-16H,4-13H2,1-3H3,(H2,19,20,21). The predicted octanol–water partition coefficient (Wildman–Crippen LogP) is 1.76. The molecule has 24 heavy (non-hydrogen) atoms. The van der Waals surface area contributed by atoms with Crippen molar-refractivity contribution >= 4 is 11.9 Å². The maximum absolute atomic E-state index is 12.0. The lowest BCUT2D eigenvalue weighted by molar-refractivity contribution is -0.133. The molecule has 1 atom stereocenters. The fraction of sp³-hybridized carbons (Fsp3) is 0.889. The molecule has 1 amide bonds. The number of nitrogens with one attached hydrogen (secondary N) is 2. The van der Waals surface area contributed by atoms with Gasteiger partial charge in [0, 0.05) is 45.2 Å². The highest BCUT2D eigenvalue weighted by Crippen LogP contribution is 2.20. The van der Waals surface area contributed by atoms with Gasteiger partial charge in [-0.05, 0) is 25.7 Å². The molecule has 6 heteroatoms. The molecular weight excluding hydrogens is 304 g/mol. The first-order valence-electron chi connectivity index (χ1n) is 9.47. The summed E-state index contributed by atoms with van der Waals surface area (Å²) in [6.07, 6.45) is 7.54. The molecule has 0 spiro atoms. The Labute approximate surface area is 146 Å². The summed E-state index contributed by atoms with van der Waals surface area (Å²) in [5.74, 6) is 1.13. The van der Waals surface area contributed by atoms with Crippen LogP contribution in [0.15, 0.2) is 4.99 Å². The Morgan fingerprint density at radius 2 is 2.04 bits per heavy atom. The molecule has 0 aromatic rings. The molecule has 0 bridgehead atoms. The predicted molar refractivity (Wildman–Crippen MR) is 97.1 cm³/mol. The minimum atomic E-state index is 0.0704. The van der Waals surface area contributed by atoms with Crippen molar-refractivity contribution < 1.29 is 9.53 Å². The number of carbonyl (C=O) groups excluding carboxylic acids is 1. The summed E-state index contributed by atoms with van der Waals surface area (Å²) in [7, 11) is 1.79. The molecule has 0 radical (unpaired) electrons. The molecule has 1 aliphatic carbocycles. The molecule has 1 aliphatic heterocycles. The van der Waals surface area contributed by atoms with E-state index in [4.69, 9.17) is 4.74 Å². The fourth-order valence-corrected chi connectivity index (χ4v) is 3.42. The third-order valence-electron chi connectivity index (χ3n) is 4.83. The van der Waals surface area contributed by atoms with Gasteiger partial charge in [0.05, 0.1) is 6.10 Å². The number of ether oxygens (including phenoxy) is 1. The van der Waals surface area contributed by atoms with E-state index in [-0.39, 0.29) is 17.9 Å². The van der Waals surface area contributed by atoms with E-state index in [1.165, 1.54) is 25.7 Å². The SMILES string of the molecule is CN=C(NCCCOC1CCCC1)NC1CCN(C(=O)C(C)C)C1. The average molecular weight is 338 g/mol. The maximum Gasteiger partial charge on any atom is 0.225 e. The monoisotopic (exact) mass is 338 g/mol. The Hall–Kier alpha value is -1.30. The van der Waals surface area contributed by atoms with Crippen molar-refractivity contribution in [3.05, 3.63) is 0 Å². The van der Waals surface area contributed by atoms with E-state index in [2.05, 4.69) is 15.6 Å². The molecule has 1 saturated carbocycles. The lowest BCUT2D eigenvalue weighted by Crippen LogP contribution is -2.45. The summed E-state index contributed by atoms with van der Waals surface area (Å²) >= 11 is 0. The van der Waals surface area contributed by atoms with Gasteiger partial charge in [0.2, 0.25) is 5.91 Å². The normalized spacial score (nSPS) is 22.4. The van der Waals surface area contributed by atoms with Gasteiger partial charge in [0.25, 0.3) is 0 Å². The highest BCUT2D eigenvalue weighted by Gasteiger charge is 2.27. The van der Waals surface area contributed by atoms with Gasteiger partial charge in [-0.1, -0.05) is 26.7 Å². The van der Waals surface area contributed by atoms with E-state index in [9.17, 15) is 4.79 Å². The molecule has 1 heterocycles. The Morgan fingerprint density at radius 1 is 1.29 bits per heavy atom. The molecule has 1 saturated heterocycles. The number of guanidine groups is 1. The van der Waals surface area contributed by atoms with E-state index >= 15 is 0 Å². The van der Waals surface area contributed by atoms with Crippen LogP contribution in [0.4, 0.5) is 0 Å². The van der Waals surface area contributed by atoms with E-state index < -0.39 is 0 Å². The lowest BCUT2D eigenvalue weighted by Gasteiger charge is -2.20. The number of carbonyl (C=O) groups is 1. The number of hydrogen-bond acceptors (Lipinski definition) is 3. The van der Waals surface area contributed by atoms with Crippen molar-refractivity contribution in [1.29, 1.82) is 0 Å². The third-order valence-corrected chi connectivity index (χ3v) is 4.83. The second kappa shape index (κ2) is 9.87. The summed E-state index contributed by atoms with van der Waals surface area (Å²) in [4.78, 5) is 18.3. The summed E-state index contributed by atoms with van der Waals surface area (Å²) in [6.45, 7) is 7.18. The Bertz CT molecular complexity index is 419. The third kappa shape index (κ3) is 5.96. The van der Waals surface area contributed by atoms with Crippen LogP contribution in [0.3, 0.4) is 0 Å². The van der Waals surface area contributed by atoms with Gasteiger partial charge >= 0.3 is 0 Å². The van der Waals surface area contributed by atoms with Crippen molar-refractivity contribution in [2.75, 3.05) is 33.3 Å². The van der Waals surface area contributed by atoms with E-state index in [0.29, 0.717) is 6.10 Å². The van der Waals surface area contributed by atoms with Gasteiger partial charge in [-0.25, -0.2) is 0 Å². The topological polar surface area (TPSA) is 66.0 Å². The molecule has 0 aromatic heterocycles. The molecule has 2 aliphatic rings. The number of aliphatic imine (C=N–C) groups is 1. The molecule has 6 nitrogen and oxygen atoms in total. The summed E-state index contributed by atoms with van der Waals surface area (Å²) in [5.41, 5.74) is 0. The quantitative estimate of drug-likeness (QED) is 0.422. The van der Waals surface area contributed by atoms with Gasteiger partial charge in [-0.2, -0.15) is 0 Å². The Balaban J connectivity index is 1.59. The van der Waals surface area contributed by atoms with Crippen molar-refractivity contribution in [2.45, 2.75) is 64.5 Å². The molecule has 2 N–H and O–H groups in total. The van der Waals surface area contributed by atoms with Crippen molar-refractivity contribution in [3.8, 4) is 0 Å². The molecule has 2 rings (SSSR count). The zero-order chi connectivity index (χ0) is 17.4. The number of amides is 1. The van der Waals surface area contributed by atoms with Gasteiger partial charge in [-0.15, -0.1) is 0 Å². The van der Waals surface area contributed by atoms with Crippen molar-refractivity contribution in [2.24, 2.45) is 10.9 Å². The van der Waals surface area contributed by atoms with Gasteiger partial charge < -0.3 is 20.3 Å².